The zero-order valence-electron chi connectivity index (χ0n) is 19.8. The van der Waals surface area contributed by atoms with E-state index in [1.165, 1.54) is 0 Å². The molecule has 10 nitrogen and oxygen atoms in total. The summed E-state index contributed by atoms with van der Waals surface area (Å²) >= 11 is 0. The van der Waals surface area contributed by atoms with Crippen molar-refractivity contribution < 1.29 is 51.5 Å². The highest BCUT2D eigenvalue weighted by atomic mass is 32.2. The topological polar surface area (TPSA) is 155 Å². The van der Waals surface area contributed by atoms with Gasteiger partial charge in [-0.2, -0.15) is 43.2 Å². The zero-order valence-corrected chi connectivity index (χ0v) is 21.4. The molecule has 42 heavy (non-hydrogen) atoms. The monoisotopic (exact) mass is 634 g/mol. The van der Waals surface area contributed by atoms with Crippen LogP contribution >= 0.6 is 0 Å². The van der Waals surface area contributed by atoms with Gasteiger partial charge in [0.15, 0.2) is 21.7 Å². The molecule has 0 aliphatic heterocycles. The van der Waals surface area contributed by atoms with Crippen molar-refractivity contribution in [1.29, 1.82) is 0 Å². The summed E-state index contributed by atoms with van der Waals surface area (Å²) in [6.45, 7) is 0. The van der Waals surface area contributed by atoms with Crippen LogP contribution in [0.5, 0.6) is 11.5 Å². The van der Waals surface area contributed by atoms with E-state index in [1.807, 2.05) is 0 Å². The highest BCUT2D eigenvalue weighted by Gasteiger charge is 2.49. The standard InChI is InChI=1S/C24H8F6O10S2/c25-23(26,27)41(35,36)39-9-1-3-11-13(5-9)21(33)17-8-18-16(7-15(17)19(11)31)20(32)12-4-2-10(6-14(12)22(18)34)40-42(37,38)24(28,29)30/h1-8H. The summed E-state index contributed by atoms with van der Waals surface area (Å²) in [4.78, 5) is 52.7. The Morgan fingerprint density at radius 2 is 0.690 bits per heavy atom. The third-order valence-electron chi connectivity index (χ3n) is 6.08. The predicted molar refractivity (Wildman–Crippen MR) is 135 cm³/mol. The zero-order chi connectivity index (χ0) is 31.2. The van der Waals surface area contributed by atoms with Crippen molar-refractivity contribution in [2.75, 3.05) is 0 Å². The van der Waals surface area contributed by atoms with Gasteiger partial charge in [-0.25, -0.2) is 0 Å². The van der Waals surface area contributed by atoms with Crippen molar-refractivity contribution in [3.8, 4) is 11.5 Å². The first kappa shape index (κ1) is 28.9. The van der Waals surface area contributed by atoms with Crippen LogP contribution in [0.2, 0.25) is 0 Å². The molecule has 5 rings (SSSR count). The highest BCUT2D eigenvalue weighted by molar-refractivity contribution is 7.88. The van der Waals surface area contributed by atoms with Gasteiger partial charge in [0.05, 0.1) is 0 Å². The van der Waals surface area contributed by atoms with E-state index in [0.29, 0.717) is 24.3 Å². The quantitative estimate of drug-likeness (QED) is 0.125. The van der Waals surface area contributed by atoms with Gasteiger partial charge in [-0.3, -0.25) is 19.2 Å². The first-order valence-electron chi connectivity index (χ1n) is 10.9. The summed E-state index contributed by atoms with van der Waals surface area (Å²) < 4.78 is 130. The number of halogens is 6. The lowest BCUT2D eigenvalue weighted by atomic mass is 9.96. The van der Waals surface area contributed by atoms with Crippen molar-refractivity contribution in [2.24, 2.45) is 0 Å². The Hall–Kier alpha value is -4.58. The van der Waals surface area contributed by atoms with Crippen LogP contribution in [0.4, 0.5) is 26.3 Å². The number of rotatable bonds is 4. The Kier molecular flexibility index (Phi) is 6.17. The largest absolute Gasteiger partial charge is 0.534 e. The molecule has 0 bridgehead atoms. The SMILES string of the molecule is O=c1c2ccc(OS(=O)(=O)C(F)(F)F)cc2c(=O)c2cc3c(=O)c4cc(OS(=O)(=O)C(F)(F)F)ccc4c(=O)c3cc12. The molecule has 0 amide bonds. The Morgan fingerprint density at radius 1 is 0.429 bits per heavy atom. The molecule has 0 saturated heterocycles. The summed E-state index contributed by atoms with van der Waals surface area (Å²) in [5.41, 5.74) is -15.6. The van der Waals surface area contributed by atoms with Gasteiger partial charge in [0.1, 0.15) is 11.5 Å². The van der Waals surface area contributed by atoms with Gasteiger partial charge >= 0.3 is 31.3 Å². The van der Waals surface area contributed by atoms with E-state index in [4.69, 9.17) is 0 Å². The van der Waals surface area contributed by atoms with Gasteiger partial charge in [-0.1, -0.05) is 0 Å². The molecule has 0 heterocycles. The predicted octanol–water partition coefficient (Wildman–Crippen LogP) is 3.07. The molecule has 0 fully saturated rings. The minimum Gasteiger partial charge on any atom is -0.376 e. The van der Waals surface area contributed by atoms with E-state index in [9.17, 15) is 62.4 Å². The number of alkyl halides is 6. The molecule has 0 aliphatic rings. The van der Waals surface area contributed by atoms with Crippen LogP contribution in [0, 0.1) is 0 Å². The van der Waals surface area contributed by atoms with Crippen LogP contribution in [0.3, 0.4) is 0 Å². The summed E-state index contributed by atoms with van der Waals surface area (Å²) in [5.74, 6) is -1.93. The molecule has 0 unspecified atom stereocenters. The molecule has 5 aromatic rings. The minimum atomic E-state index is -6.13. The molecule has 18 heteroatoms. The fraction of sp³-hybridized carbons (Fsp3) is 0.0833. The van der Waals surface area contributed by atoms with E-state index < -0.39 is 86.0 Å². The fourth-order valence-electron chi connectivity index (χ4n) is 4.20. The molecule has 5 aromatic carbocycles. The van der Waals surface area contributed by atoms with Crippen molar-refractivity contribution in [1.82, 2.24) is 0 Å². The Balaban J connectivity index is 1.77. The Morgan fingerprint density at radius 3 is 0.976 bits per heavy atom. The number of benzene rings is 5. The third-order valence-corrected chi connectivity index (χ3v) is 8.03. The van der Waals surface area contributed by atoms with E-state index in [0.717, 1.165) is 24.3 Å². The molecule has 0 saturated carbocycles. The number of fused-ring (bicyclic) bond motifs is 4. The summed E-state index contributed by atoms with van der Waals surface area (Å²) in [5, 5.41) is -3.75. The Labute approximate surface area is 226 Å². The van der Waals surface area contributed by atoms with Gasteiger partial charge in [0.2, 0.25) is 0 Å². The maximum atomic E-state index is 13.2. The molecule has 0 radical (unpaired) electrons. The molecule has 0 aliphatic carbocycles. The fourth-order valence-corrected chi connectivity index (χ4v) is 5.10. The highest BCUT2D eigenvalue weighted by Crippen LogP contribution is 2.30. The van der Waals surface area contributed by atoms with Crippen LogP contribution in [0.25, 0.3) is 43.1 Å². The van der Waals surface area contributed by atoms with E-state index in [1.54, 1.807) is 0 Å². The maximum absolute atomic E-state index is 13.2. The lowest BCUT2D eigenvalue weighted by Gasteiger charge is -2.10. The first-order chi connectivity index (χ1) is 19.2. The molecule has 0 N–H and O–H groups in total. The van der Waals surface area contributed by atoms with Gasteiger partial charge in [-0.15, -0.1) is 0 Å². The summed E-state index contributed by atoms with van der Waals surface area (Å²) in [7, 11) is -12.3. The van der Waals surface area contributed by atoms with Crippen LogP contribution < -0.4 is 30.1 Å². The second-order valence-electron chi connectivity index (χ2n) is 8.64. The van der Waals surface area contributed by atoms with Gasteiger partial charge < -0.3 is 8.37 Å². The molecule has 0 spiro atoms. The Bertz CT molecular complexity index is 2270. The normalized spacial score (nSPS) is 13.3. The maximum Gasteiger partial charge on any atom is 0.534 e. The smallest absolute Gasteiger partial charge is 0.376 e. The minimum absolute atomic E-state index is 0.383. The molecular weight excluding hydrogens is 626 g/mol. The number of hydrogen-bond donors (Lipinski definition) is 0. The second-order valence-corrected chi connectivity index (χ2v) is 11.7. The van der Waals surface area contributed by atoms with Gasteiger partial charge in [0, 0.05) is 43.1 Å². The number of hydrogen-bond acceptors (Lipinski definition) is 10. The van der Waals surface area contributed by atoms with Gasteiger partial charge in [0.25, 0.3) is 0 Å². The lowest BCUT2D eigenvalue weighted by Crippen LogP contribution is -2.28. The second kappa shape index (κ2) is 8.96. The molecule has 218 valence electrons. The van der Waals surface area contributed by atoms with Crippen molar-refractivity contribution in [3.63, 3.8) is 0 Å². The average Bonchev–Trinajstić information content (AvgIpc) is 2.88. The molecule has 0 atom stereocenters. The van der Waals surface area contributed by atoms with Crippen LogP contribution in [0.15, 0.2) is 67.7 Å². The van der Waals surface area contributed by atoms with E-state index in [2.05, 4.69) is 8.37 Å². The summed E-state index contributed by atoms with van der Waals surface area (Å²) in [6, 6.07) is 5.89. The lowest BCUT2D eigenvalue weighted by molar-refractivity contribution is -0.0504. The third kappa shape index (κ3) is 4.42. The average molecular weight is 634 g/mol. The first-order valence-corrected chi connectivity index (χ1v) is 13.7. The van der Waals surface area contributed by atoms with Crippen molar-refractivity contribution >= 4 is 63.3 Å². The van der Waals surface area contributed by atoms with Crippen molar-refractivity contribution in [3.05, 3.63) is 89.4 Å². The molecular formula is C24H8F6O10S2. The van der Waals surface area contributed by atoms with Crippen LogP contribution in [-0.4, -0.2) is 27.9 Å². The van der Waals surface area contributed by atoms with Crippen LogP contribution in [0.1, 0.15) is 0 Å². The van der Waals surface area contributed by atoms with Gasteiger partial charge in [-0.05, 0) is 48.5 Å². The van der Waals surface area contributed by atoms with E-state index in [-0.39, 0.29) is 21.5 Å². The van der Waals surface area contributed by atoms with Crippen molar-refractivity contribution in [2.45, 2.75) is 11.0 Å². The molecule has 0 aromatic heterocycles. The van der Waals surface area contributed by atoms with E-state index >= 15 is 0 Å². The van der Waals surface area contributed by atoms with Crippen LogP contribution in [-0.2, 0) is 20.2 Å². The summed E-state index contributed by atoms with van der Waals surface area (Å²) in [6.07, 6.45) is 0.